The van der Waals surface area contributed by atoms with E-state index in [0.29, 0.717) is 0 Å². The minimum absolute atomic E-state index is 0.133. The Morgan fingerprint density at radius 3 is 2.79 bits per heavy atom. The molecule has 0 bridgehead atoms. The van der Waals surface area contributed by atoms with Crippen molar-refractivity contribution in [3.8, 4) is 0 Å². The van der Waals surface area contributed by atoms with E-state index in [1.54, 1.807) is 18.2 Å². The number of nitrogen functional groups attached to an aromatic ring is 1. The molecule has 0 amide bonds. The molecule has 1 rings (SSSR count). The van der Waals surface area contributed by atoms with E-state index in [2.05, 4.69) is 5.32 Å². The Morgan fingerprint density at radius 2 is 2.16 bits per heavy atom. The van der Waals surface area contributed by atoms with Crippen molar-refractivity contribution < 1.29 is 14.6 Å². The number of ether oxygens (including phenoxy) is 1. The first kappa shape index (κ1) is 15.3. The molecular formula is C14H22N2O3. The highest BCUT2D eigenvalue weighted by Crippen LogP contribution is 2.17. The number of nitrogens with one attached hydrogen (secondary N) is 1. The number of hydrogen-bond donors (Lipinski definition) is 3. The summed E-state index contributed by atoms with van der Waals surface area (Å²) in [6.07, 6.45) is 2.22. The molecule has 1 aromatic carbocycles. The minimum Gasteiger partial charge on any atom is -0.478 e. The number of carbonyl (C=O) groups is 1. The van der Waals surface area contributed by atoms with E-state index in [9.17, 15) is 4.79 Å². The van der Waals surface area contributed by atoms with Gasteiger partial charge in [0.1, 0.15) is 0 Å². The van der Waals surface area contributed by atoms with Gasteiger partial charge in [0.25, 0.3) is 0 Å². The lowest BCUT2D eigenvalue weighted by Crippen LogP contribution is -2.08. The quantitative estimate of drug-likeness (QED) is 0.497. The van der Waals surface area contributed by atoms with Crippen molar-refractivity contribution in [2.45, 2.75) is 32.8 Å². The maximum Gasteiger partial charge on any atom is 0.337 e. The first-order valence-electron chi connectivity index (χ1n) is 6.49. The maximum absolute atomic E-state index is 10.9. The van der Waals surface area contributed by atoms with Crippen LogP contribution in [0.3, 0.4) is 0 Å². The van der Waals surface area contributed by atoms with Gasteiger partial charge in [-0.25, -0.2) is 4.79 Å². The molecule has 0 saturated carbocycles. The van der Waals surface area contributed by atoms with Crippen LogP contribution in [-0.4, -0.2) is 30.3 Å². The lowest BCUT2D eigenvalue weighted by molar-refractivity contribution is 0.0698. The highest BCUT2D eigenvalue weighted by molar-refractivity contribution is 5.94. The average Bonchev–Trinajstić information content (AvgIpc) is 2.34. The molecule has 0 radical (unpaired) electrons. The standard InChI is InChI=1S/C14H22N2O3/c1-10(2)19-8-4-3-7-16-11-5-6-13(15)12(9-11)14(17)18/h5-6,9-10,16H,3-4,7-8,15H2,1-2H3,(H,17,18). The minimum atomic E-state index is -1.01. The van der Waals surface area contributed by atoms with Crippen LogP contribution in [-0.2, 0) is 4.74 Å². The average molecular weight is 266 g/mol. The Kier molecular flexibility index (Phi) is 6.15. The summed E-state index contributed by atoms with van der Waals surface area (Å²) in [7, 11) is 0. The predicted octanol–water partition coefficient (Wildman–Crippen LogP) is 2.58. The monoisotopic (exact) mass is 266 g/mol. The molecule has 106 valence electrons. The summed E-state index contributed by atoms with van der Waals surface area (Å²) in [6, 6.07) is 4.95. The van der Waals surface area contributed by atoms with Crippen LogP contribution in [0.25, 0.3) is 0 Å². The van der Waals surface area contributed by atoms with Crippen molar-refractivity contribution in [2.24, 2.45) is 0 Å². The van der Waals surface area contributed by atoms with Crippen molar-refractivity contribution in [2.75, 3.05) is 24.2 Å². The second-order valence-corrected chi connectivity index (χ2v) is 4.66. The highest BCUT2D eigenvalue weighted by atomic mass is 16.5. The summed E-state index contributed by atoms with van der Waals surface area (Å²) in [5.74, 6) is -1.01. The lowest BCUT2D eigenvalue weighted by atomic mass is 10.1. The maximum atomic E-state index is 10.9. The second kappa shape index (κ2) is 7.63. The zero-order valence-corrected chi connectivity index (χ0v) is 11.5. The molecule has 0 unspecified atom stereocenters. The molecule has 0 saturated heterocycles. The van der Waals surface area contributed by atoms with E-state index >= 15 is 0 Å². The Labute approximate surface area is 113 Å². The number of aromatic carboxylic acids is 1. The molecule has 0 heterocycles. The third kappa shape index (κ3) is 5.61. The van der Waals surface area contributed by atoms with Gasteiger partial charge in [0.2, 0.25) is 0 Å². The van der Waals surface area contributed by atoms with Crippen LogP contribution in [0.4, 0.5) is 11.4 Å². The van der Waals surface area contributed by atoms with Gasteiger partial charge in [-0.3, -0.25) is 0 Å². The molecule has 0 atom stereocenters. The topological polar surface area (TPSA) is 84.6 Å². The van der Waals surface area contributed by atoms with Gasteiger partial charge in [0, 0.05) is 24.5 Å². The molecular weight excluding hydrogens is 244 g/mol. The van der Waals surface area contributed by atoms with Crippen LogP contribution in [0, 0.1) is 0 Å². The SMILES string of the molecule is CC(C)OCCCCNc1ccc(N)c(C(=O)O)c1. The summed E-state index contributed by atoms with van der Waals surface area (Å²) < 4.78 is 5.44. The highest BCUT2D eigenvalue weighted by Gasteiger charge is 2.08. The fourth-order valence-electron chi connectivity index (χ4n) is 1.63. The van der Waals surface area contributed by atoms with Gasteiger partial charge in [0.15, 0.2) is 0 Å². The first-order chi connectivity index (χ1) is 9.00. The van der Waals surface area contributed by atoms with E-state index in [1.165, 1.54) is 0 Å². The second-order valence-electron chi connectivity index (χ2n) is 4.66. The Bertz CT molecular complexity index is 419. The zero-order chi connectivity index (χ0) is 14.3. The third-order valence-corrected chi connectivity index (χ3v) is 2.64. The van der Waals surface area contributed by atoms with Crippen molar-refractivity contribution in [1.82, 2.24) is 0 Å². The lowest BCUT2D eigenvalue weighted by Gasteiger charge is -2.10. The van der Waals surface area contributed by atoms with Gasteiger partial charge in [-0.1, -0.05) is 0 Å². The van der Waals surface area contributed by atoms with Gasteiger partial charge in [-0.15, -0.1) is 0 Å². The molecule has 0 aromatic heterocycles. The fourth-order valence-corrected chi connectivity index (χ4v) is 1.63. The number of benzene rings is 1. The molecule has 0 aliphatic heterocycles. The zero-order valence-electron chi connectivity index (χ0n) is 11.5. The van der Waals surface area contributed by atoms with Crippen LogP contribution >= 0.6 is 0 Å². The van der Waals surface area contributed by atoms with E-state index in [0.717, 1.165) is 31.7 Å². The number of unbranched alkanes of at least 4 members (excludes halogenated alkanes) is 1. The molecule has 0 aliphatic carbocycles. The van der Waals surface area contributed by atoms with E-state index in [-0.39, 0.29) is 17.4 Å². The normalized spacial score (nSPS) is 10.7. The molecule has 19 heavy (non-hydrogen) atoms. The van der Waals surface area contributed by atoms with Crippen LogP contribution in [0.2, 0.25) is 0 Å². The molecule has 0 fully saturated rings. The van der Waals surface area contributed by atoms with Crippen molar-refractivity contribution in [3.63, 3.8) is 0 Å². The van der Waals surface area contributed by atoms with Gasteiger partial charge in [0.05, 0.1) is 11.7 Å². The number of rotatable bonds is 8. The smallest absolute Gasteiger partial charge is 0.337 e. The third-order valence-electron chi connectivity index (χ3n) is 2.64. The van der Waals surface area contributed by atoms with E-state index in [4.69, 9.17) is 15.6 Å². The summed E-state index contributed by atoms with van der Waals surface area (Å²) in [6.45, 7) is 5.56. The van der Waals surface area contributed by atoms with Gasteiger partial charge in [-0.05, 0) is 44.9 Å². The molecule has 4 N–H and O–H groups in total. The van der Waals surface area contributed by atoms with Crippen LogP contribution in [0.15, 0.2) is 18.2 Å². The molecule has 5 heteroatoms. The first-order valence-corrected chi connectivity index (χ1v) is 6.49. The number of nitrogens with two attached hydrogens (primary N) is 1. The summed E-state index contributed by atoms with van der Waals surface area (Å²) >= 11 is 0. The van der Waals surface area contributed by atoms with Crippen LogP contribution < -0.4 is 11.1 Å². The number of carboxylic acids is 1. The van der Waals surface area contributed by atoms with E-state index < -0.39 is 5.97 Å². The molecule has 0 spiro atoms. The molecule has 0 aliphatic rings. The number of hydrogen-bond acceptors (Lipinski definition) is 4. The fraction of sp³-hybridized carbons (Fsp3) is 0.500. The summed E-state index contributed by atoms with van der Waals surface area (Å²) in [5.41, 5.74) is 6.78. The van der Waals surface area contributed by atoms with Gasteiger partial charge < -0.3 is 20.9 Å². The van der Waals surface area contributed by atoms with Gasteiger partial charge >= 0.3 is 5.97 Å². The number of carboxylic acid groups (broad SMARTS) is 1. The van der Waals surface area contributed by atoms with Crippen LogP contribution in [0.5, 0.6) is 0 Å². The molecule has 1 aromatic rings. The Balaban J connectivity index is 2.34. The predicted molar refractivity (Wildman–Crippen MR) is 76.6 cm³/mol. The van der Waals surface area contributed by atoms with E-state index in [1.807, 2.05) is 13.8 Å². The Morgan fingerprint density at radius 1 is 1.42 bits per heavy atom. The number of anilines is 2. The van der Waals surface area contributed by atoms with Crippen LogP contribution in [0.1, 0.15) is 37.0 Å². The van der Waals surface area contributed by atoms with Crippen molar-refractivity contribution in [1.29, 1.82) is 0 Å². The van der Waals surface area contributed by atoms with Gasteiger partial charge in [-0.2, -0.15) is 0 Å². The Hall–Kier alpha value is -1.75. The largest absolute Gasteiger partial charge is 0.478 e. The summed E-state index contributed by atoms with van der Waals surface area (Å²) in [4.78, 5) is 10.9. The van der Waals surface area contributed by atoms with Crippen molar-refractivity contribution >= 4 is 17.3 Å². The van der Waals surface area contributed by atoms with Crippen molar-refractivity contribution in [3.05, 3.63) is 23.8 Å². The summed E-state index contributed by atoms with van der Waals surface area (Å²) in [5, 5.41) is 12.1. The molecule has 5 nitrogen and oxygen atoms in total.